The number of aryl methyl sites for hydroxylation is 2. The summed E-state index contributed by atoms with van der Waals surface area (Å²) >= 11 is 0. The lowest BCUT2D eigenvalue weighted by Gasteiger charge is -2.09. The summed E-state index contributed by atoms with van der Waals surface area (Å²) in [4.78, 5) is 20.2. The highest BCUT2D eigenvalue weighted by molar-refractivity contribution is 5.92. The Kier molecular flexibility index (Phi) is 3.50. The first-order chi connectivity index (χ1) is 9.06. The van der Waals surface area contributed by atoms with E-state index < -0.39 is 5.97 Å². The van der Waals surface area contributed by atoms with Crippen molar-refractivity contribution in [1.29, 1.82) is 0 Å². The zero-order valence-corrected chi connectivity index (χ0v) is 11.2. The highest BCUT2D eigenvalue weighted by atomic mass is 16.5. The fourth-order valence-electron chi connectivity index (χ4n) is 1.88. The predicted molar refractivity (Wildman–Crippen MR) is 71.2 cm³/mol. The molecule has 2 rings (SSSR count). The molecule has 0 saturated heterocycles. The molecule has 0 amide bonds. The molecule has 0 radical (unpaired) electrons. The van der Waals surface area contributed by atoms with Gasteiger partial charge in [0.25, 0.3) is 0 Å². The van der Waals surface area contributed by atoms with E-state index in [2.05, 4.69) is 9.97 Å². The number of imidazole rings is 1. The number of nitrogens with two attached hydrogens (primary N) is 1. The summed E-state index contributed by atoms with van der Waals surface area (Å²) in [5.74, 6) is 0.996. The first-order valence-electron chi connectivity index (χ1n) is 6.00. The summed E-state index contributed by atoms with van der Waals surface area (Å²) in [5.41, 5.74) is 7.07. The SMILES string of the molecule is CCOC(=O)c1nc(C)n(-c2ncccc2C)c1N. The summed E-state index contributed by atoms with van der Waals surface area (Å²) in [6.45, 7) is 5.71. The van der Waals surface area contributed by atoms with Crippen molar-refractivity contribution in [2.75, 3.05) is 12.3 Å². The van der Waals surface area contributed by atoms with Crippen molar-refractivity contribution in [2.24, 2.45) is 0 Å². The van der Waals surface area contributed by atoms with E-state index in [1.54, 1.807) is 24.6 Å². The number of anilines is 1. The summed E-state index contributed by atoms with van der Waals surface area (Å²) in [7, 11) is 0. The highest BCUT2D eigenvalue weighted by Gasteiger charge is 2.21. The van der Waals surface area contributed by atoms with Crippen molar-refractivity contribution in [1.82, 2.24) is 14.5 Å². The normalized spacial score (nSPS) is 10.5. The smallest absolute Gasteiger partial charge is 0.360 e. The Morgan fingerprint density at radius 3 is 2.84 bits per heavy atom. The van der Waals surface area contributed by atoms with E-state index in [-0.39, 0.29) is 18.1 Å². The number of aromatic nitrogens is 3. The van der Waals surface area contributed by atoms with Crippen molar-refractivity contribution in [3.63, 3.8) is 0 Å². The van der Waals surface area contributed by atoms with E-state index in [1.807, 2.05) is 19.1 Å². The average molecular weight is 260 g/mol. The number of nitrogens with zero attached hydrogens (tertiary/aromatic N) is 3. The fourth-order valence-corrected chi connectivity index (χ4v) is 1.88. The molecule has 0 saturated carbocycles. The quantitative estimate of drug-likeness (QED) is 0.848. The van der Waals surface area contributed by atoms with Gasteiger partial charge in [-0.15, -0.1) is 0 Å². The van der Waals surface area contributed by atoms with Crippen molar-refractivity contribution in [3.05, 3.63) is 35.4 Å². The number of ether oxygens (including phenoxy) is 1. The van der Waals surface area contributed by atoms with Gasteiger partial charge < -0.3 is 10.5 Å². The maximum atomic E-state index is 11.7. The molecule has 0 aromatic carbocycles. The minimum absolute atomic E-state index is 0.129. The van der Waals surface area contributed by atoms with Crippen LogP contribution in [0.5, 0.6) is 0 Å². The van der Waals surface area contributed by atoms with Crippen LogP contribution in [0.15, 0.2) is 18.3 Å². The van der Waals surface area contributed by atoms with Gasteiger partial charge in [0.2, 0.25) is 0 Å². The van der Waals surface area contributed by atoms with Crippen LogP contribution in [-0.2, 0) is 4.74 Å². The minimum Gasteiger partial charge on any atom is -0.461 e. The van der Waals surface area contributed by atoms with Crippen molar-refractivity contribution < 1.29 is 9.53 Å². The van der Waals surface area contributed by atoms with Crippen LogP contribution in [0.2, 0.25) is 0 Å². The van der Waals surface area contributed by atoms with Crippen molar-refractivity contribution >= 4 is 11.8 Å². The van der Waals surface area contributed by atoms with Crippen LogP contribution >= 0.6 is 0 Å². The number of hydrogen-bond acceptors (Lipinski definition) is 5. The molecule has 0 aliphatic carbocycles. The van der Waals surface area contributed by atoms with Gasteiger partial charge >= 0.3 is 5.97 Å². The second kappa shape index (κ2) is 5.09. The van der Waals surface area contributed by atoms with Gasteiger partial charge in [0.05, 0.1) is 6.61 Å². The Labute approximate surface area is 111 Å². The van der Waals surface area contributed by atoms with Gasteiger partial charge in [-0.25, -0.2) is 14.8 Å². The Bertz CT molecular complexity index is 619. The number of pyridine rings is 1. The number of carbonyl (C=O) groups is 1. The molecular weight excluding hydrogens is 244 g/mol. The molecule has 0 aliphatic heterocycles. The average Bonchev–Trinajstić information content (AvgIpc) is 2.66. The molecule has 2 heterocycles. The largest absolute Gasteiger partial charge is 0.461 e. The molecule has 2 aromatic heterocycles. The number of rotatable bonds is 3. The molecule has 100 valence electrons. The zero-order valence-electron chi connectivity index (χ0n) is 11.2. The van der Waals surface area contributed by atoms with Crippen LogP contribution in [0.4, 0.5) is 5.82 Å². The van der Waals surface area contributed by atoms with Crippen LogP contribution in [0, 0.1) is 13.8 Å². The molecule has 6 heteroatoms. The number of nitrogen functional groups attached to an aromatic ring is 1. The lowest BCUT2D eigenvalue weighted by molar-refractivity contribution is 0.0521. The topological polar surface area (TPSA) is 83.0 Å². The Morgan fingerprint density at radius 2 is 2.21 bits per heavy atom. The van der Waals surface area contributed by atoms with E-state index in [4.69, 9.17) is 10.5 Å². The fraction of sp³-hybridized carbons (Fsp3) is 0.308. The molecule has 0 aliphatic rings. The second-order valence-electron chi connectivity index (χ2n) is 4.09. The summed E-state index contributed by atoms with van der Waals surface area (Å²) in [6, 6.07) is 3.76. The third-order valence-electron chi connectivity index (χ3n) is 2.74. The van der Waals surface area contributed by atoms with Gasteiger partial charge in [-0.05, 0) is 32.4 Å². The molecule has 2 aromatic rings. The van der Waals surface area contributed by atoms with Gasteiger partial charge in [-0.2, -0.15) is 0 Å². The molecule has 0 atom stereocenters. The van der Waals surface area contributed by atoms with Crippen LogP contribution in [-0.4, -0.2) is 27.1 Å². The molecule has 2 N–H and O–H groups in total. The molecular formula is C13H16N4O2. The van der Waals surface area contributed by atoms with Crippen molar-refractivity contribution in [2.45, 2.75) is 20.8 Å². The van der Waals surface area contributed by atoms with E-state index in [1.165, 1.54) is 0 Å². The van der Waals surface area contributed by atoms with Crippen molar-refractivity contribution in [3.8, 4) is 5.82 Å². The Balaban J connectivity index is 2.54. The third-order valence-corrected chi connectivity index (χ3v) is 2.74. The van der Waals surface area contributed by atoms with Crippen LogP contribution < -0.4 is 5.73 Å². The summed E-state index contributed by atoms with van der Waals surface area (Å²) in [6.07, 6.45) is 1.67. The predicted octanol–water partition coefficient (Wildman–Crippen LogP) is 1.64. The van der Waals surface area contributed by atoms with E-state index in [9.17, 15) is 4.79 Å². The van der Waals surface area contributed by atoms with Gasteiger partial charge in [0, 0.05) is 6.20 Å². The van der Waals surface area contributed by atoms with Crippen LogP contribution in [0.3, 0.4) is 0 Å². The first kappa shape index (κ1) is 13.1. The van der Waals surface area contributed by atoms with E-state index in [0.29, 0.717) is 11.6 Å². The van der Waals surface area contributed by atoms with Crippen LogP contribution in [0.25, 0.3) is 5.82 Å². The molecule has 0 unspecified atom stereocenters. The van der Waals surface area contributed by atoms with E-state index in [0.717, 1.165) is 5.56 Å². The summed E-state index contributed by atoms with van der Waals surface area (Å²) < 4.78 is 6.58. The molecule has 0 bridgehead atoms. The zero-order chi connectivity index (χ0) is 14.0. The maximum absolute atomic E-state index is 11.7. The minimum atomic E-state index is -0.518. The standard InChI is InChI=1S/C13H16N4O2/c1-4-19-13(18)10-11(14)17(9(3)16-10)12-8(2)6-5-7-15-12/h5-7H,4,14H2,1-3H3. The van der Waals surface area contributed by atoms with Gasteiger partial charge in [-0.1, -0.05) is 6.07 Å². The number of hydrogen-bond donors (Lipinski definition) is 1. The van der Waals surface area contributed by atoms with Gasteiger partial charge in [0.15, 0.2) is 5.69 Å². The Hall–Kier alpha value is -2.37. The van der Waals surface area contributed by atoms with E-state index >= 15 is 0 Å². The van der Waals surface area contributed by atoms with Gasteiger partial charge in [0.1, 0.15) is 17.5 Å². The second-order valence-corrected chi connectivity index (χ2v) is 4.09. The maximum Gasteiger partial charge on any atom is 0.360 e. The molecule has 0 spiro atoms. The summed E-state index contributed by atoms with van der Waals surface area (Å²) in [5, 5.41) is 0. The van der Waals surface area contributed by atoms with Gasteiger partial charge in [-0.3, -0.25) is 4.57 Å². The van der Waals surface area contributed by atoms with Crippen LogP contribution in [0.1, 0.15) is 28.8 Å². The first-order valence-corrected chi connectivity index (χ1v) is 6.00. The lowest BCUT2D eigenvalue weighted by Crippen LogP contribution is -2.10. The molecule has 6 nitrogen and oxygen atoms in total. The number of esters is 1. The lowest BCUT2D eigenvalue weighted by atomic mass is 10.3. The Morgan fingerprint density at radius 1 is 1.47 bits per heavy atom. The monoisotopic (exact) mass is 260 g/mol. The highest BCUT2D eigenvalue weighted by Crippen LogP contribution is 2.21. The number of carbonyl (C=O) groups excluding carboxylic acids is 1. The molecule has 19 heavy (non-hydrogen) atoms. The molecule has 0 fully saturated rings. The third kappa shape index (κ3) is 2.29.